The van der Waals surface area contributed by atoms with Crippen molar-refractivity contribution in [2.75, 3.05) is 6.61 Å². The van der Waals surface area contributed by atoms with Crippen molar-refractivity contribution in [1.82, 2.24) is 0 Å². The van der Waals surface area contributed by atoms with Gasteiger partial charge in [0.2, 0.25) is 0 Å². The topological polar surface area (TPSA) is 9.23 Å². The van der Waals surface area contributed by atoms with Gasteiger partial charge in [-0.05, 0) is 0 Å². The molecule has 0 unspecified atom stereocenters. The summed E-state index contributed by atoms with van der Waals surface area (Å²) in [6.45, 7) is 2.68. The Labute approximate surface area is 146 Å². The molecule has 3 rings (SSSR count). The molecule has 3 aromatic rings. The molecule has 0 aromatic heterocycles. The van der Waals surface area contributed by atoms with Crippen molar-refractivity contribution >= 4 is 36.9 Å². The summed E-state index contributed by atoms with van der Waals surface area (Å²) < 4.78 is 6.62. The van der Waals surface area contributed by atoms with Gasteiger partial charge < -0.3 is 0 Å². The van der Waals surface area contributed by atoms with Crippen LogP contribution < -0.4 is 15.9 Å². The molecule has 1 nitrogen and oxygen atoms in total. The summed E-state index contributed by atoms with van der Waals surface area (Å²) >= 11 is 4.19. The number of hydrogen-bond donors (Lipinski definition) is 0. The molecule has 0 spiro atoms. The Morgan fingerprint density at radius 3 is 1.22 bits per heavy atom. The molecule has 3 aromatic carbocycles. The Morgan fingerprint density at radius 1 is 0.652 bits per heavy atom. The van der Waals surface area contributed by atoms with E-state index in [1.807, 2.05) is 18.2 Å². The van der Waals surface area contributed by atoms with E-state index in [4.69, 9.17) is 4.52 Å². The molecular weight excluding hydrogens is 367 g/mol. The molecule has 0 atom stereocenters. The maximum atomic E-state index is 6.62. The van der Waals surface area contributed by atoms with Crippen LogP contribution in [0.2, 0.25) is 0 Å². The van der Waals surface area contributed by atoms with E-state index < -0.39 is 5.53 Å². The van der Waals surface area contributed by atoms with E-state index >= 15 is 0 Å². The fraction of sp³-hybridized carbons (Fsp3) is 0.100. The van der Waals surface area contributed by atoms with Crippen LogP contribution in [0.3, 0.4) is 0 Å². The van der Waals surface area contributed by atoms with E-state index in [0.29, 0.717) is 6.61 Å². The molecule has 0 heterocycles. The standard InChI is InChI=1S/C20H20BrOP/c1-2-22-23(21,18-12-6-3-7-13-18,19-14-8-4-9-15-19)20-16-10-5-11-17-20/h3-17H,2H2,1H3. The summed E-state index contributed by atoms with van der Waals surface area (Å²) in [5.74, 6) is 0. The van der Waals surface area contributed by atoms with Crippen LogP contribution in [0, 0.1) is 0 Å². The fourth-order valence-electron chi connectivity index (χ4n) is 3.00. The van der Waals surface area contributed by atoms with Crippen LogP contribution in [0.25, 0.3) is 0 Å². The molecule has 0 N–H and O–H groups in total. The van der Waals surface area contributed by atoms with Gasteiger partial charge in [-0.25, -0.2) is 0 Å². The third-order valence-corrected chi connectivity index (χ3v) is 12.7. The van der Waals surface area contributed by atoms with Crippen LogP contribution in [0.4, 0.5) is 0 Å². The van der Waals surface area contributed by atoms with Gasteiger partial charge in [-0.2, -0.15) is 0 Å². The molecule has 0 radical (unpaired) electrons. The van der Waals surface area contributed by atoms with E-state index in [9.17, 15) is 0 Å². The molecule has 0 amide bonds. The summed E-state index contributed by atoms with van der Waals surface area (Å²) in [5, 5.41) is 3.54. The molecule has 0 saturated heterocycles. The Morgan fingerprint density at radius 2 is 0.957 bits per heavy atom. The van der Waals surface area contributed by atoms with Crippen molar-refractivity contribution in [3.8, 4) is 0 Å². The van der Waals surface area contributed by atoms with E-state index in [0.717, 1.165) is 0 Å². The first-order chi connectivity index (χ1) is 11.2. The van der Waals surface area contributed by atoms with Crippen LogP contribution >= 0.6 is 21.0 Å². The van der Waals surface area contributed by atoms with Crippen molar-refractivity contribution in [1.29, 1.82) is 0 Å². The molecule has 0 bridgehead atoms. The molecule has 0 saturated carbocycles. The van der Waals surface area contributed by atoms with Gasteiger partial charge in [0.05, 0.1) is 0 Å². The zero-order valence-corrected chi connectivity index (χ0v) is 15.6. The van der Waals surface area contributed by atoms with Crippen molar-refractivity contribution in [2.45, 2.75) is 6.92 Å². The predicted octanol–water partition coefficient (Wildman–Crippen LogP) is 4.78. The van der Waals surface area contributed by atoms with E-state index in [1.54, 1.807) is 0 Å². The average molecular weight is 387 g/mol. The third kappa shape index (κ3) is 2.65. The molecule has 0 fully saturated rings. The van der Waals surface area contributed by atoms with Crippen LogP contribution in [0.1, 0.15) is 6.92 Å². The minimum atomic E-state index is -3.12. The summed E-state index contributed by atoms with van der Waals surface area (Å²) in [6, 6.07) is 31.5. The van der Waals surface area contributed by atoms with Gasteiger partial charge in [0.25, 0.3) is 0 Å². The minimum absolute atomic E-state index is 0.627. The van der Waals surface area contributed by atoms with Crippen molar-refractivity contribution < 1.29 is 4.52 Å². The first-order valence-electron chi connectivity index (χ1n) is 7.75. The van der Waals surface area contributed by atoms with Crippen molar-refractivity contribution in [3.63, 3.8) is 0 Å². The molecule has 118 valence electrons. The van der Waals surface area contributed by atoms with Gasteiger partial charge in [0.1, 0.15) is 0 Å². The summed E-state index contributed by atoms with van der Waals surface area (Å²) in [6.07, 6.45) is 0. The number of hydrogen-bond acceptors (Lipinski definition) is 1. The summed E-state index contributed by atoms with van der Waals surface area (Å²) in [5.41, 5.74) is -3.12. The molecule has 0 aliphatic carbocycles. The first kappa shape index (κ1) is 16.4. The third-order valence-electron chi connectivity index (χ3n) is 4.02. The molecule has 0 aliphatic rings. The second kappa shape index (κ2) is 6.57. The molecule has 23 heavy (non-hydrogen) atoms. The number of rotatable bonds is 5. The Bertz CT molecular complexity index is 660. The number of benzene rings is 3. The molecule has 3 heteroatoms. The van der Waals surface area contributed by atoms with Gasteiger partial charge in [0, 0.05) is 0 Å². The average Bonchev–Trinajstić information content (AvgIpc) is 2.64. The molecule has 0 aliphatic heterocycles. The fourth-order valence-corrected chi connectivity index (χ4v) is 9.68. The van der Waals surface area contributed by atoms with Crippen LogP contribution in [0.15, 0.2) is 91.0 Å². The van der Waals surface area contributed by atoms with Crippen molar-refractivity contribution in [3.05, 3.63) is 91.0 Å². The summed E-state index contributed by atoms with van der Waals surface area (Å²) in [7, 11) is 0. The predicted molar refractivity (Wildman–Crippen MR) is 106 cm³/mol. The molecular formula is C20H20BrOP. The summed E-state index contributed by atoms with van der Waals surface area (Å²) in [4.78, 5) is 0. The number of halogens is 1. The zero-order chi connectivity index (χ0) is 16.2. The van der Waals surface area contributed by atoms with E-state index in [1.165, 1.54) is 15.9 Å². The van der Waals surface area contributed by atoms with Gasteiger partial charge in [-0.3, -0.25) is 0 Å². The quantitative estimate of drug-likeness (QED) is 0.573. The van der Waals surface area contributed by atoms with E-state index in [2.05, 4.69) is 95.2 Å². The Hall–Kier alpha value is -1.47. The SMILES string of the molecule is CCOP(Br)(c1ccccc1)(c1ccccc1)c1ccccc1. The zero-order valence-electron chi connectivity index (χ0n) is 13.1. The second-order valence-electron chi connectivity index (χ2n) is 5.36. The van der Waals surface area contributed by atoms with Crippen LogP contribution in [-0.2, 0) is 4.52 Å². The van der Waals surface area contributed by atoms with Gasteiger partial charge >= 0.3 is 146 Å². The Kier molecular flexibility index (Phi) is 4.68. The van der Waals surface area contributed by atoms with E-state index in [-0.39, 0.29) is 0 Å². The second-order valence-corrected chi connectivity index (χ2v) is 13.1. The monoisotopic (exact) mass is 386 g/mol. The normalized spacial score (nSPS) is 13.2. The first-order valence-corrected chi connectivity index (χ1v) is 11.9. The van der Waals surface area contributed by atoms with Crippen molar-refractivity contribution in [2.24, 2.45) is 0 Å². The van der Waals surface area contributed by atoms with Gasteiger partial charge in [-0.15, -0.1) is 0 Å². The maximum absolute atomic E-state index is 6.62. The van der Waals surface area contributed by atoms with Gasteiger partial charge in [0.15, 0.2) is 0 Å². The van der Waals surface area contributed by atoms with Crippen LogP contribution in [-0.4, -0.2) is 6.61 Å². The van der Waals surface area contributed by atoms with Crippen LogP contribution in [0.5, 0.6) is 0 Å². The Balaban J connectivity index is 2.41. The van der Waals surface area contributed by atoms with Gasteiger partial charge in [-0.1, -0.05) is 0 Å².